The number of rotatable bonds is 11. The summed E-state index contributed by atoms with van der Waals surface area (Å²) in [5.74, 6) is 0.247. The number of aliphatic hydroxyl groups excluding tert-OH is 1. The van der Waals surface area contributed by atoms with Gasteiger partial charge in [0.2, 0.25) is 5.91 Å². The van der Waals surface area contributed by atoms with Gasteiger partial charge in [-0.25, -0.2) is 4.79 Å². The van der Waals surface area contributed by atoms with Gasteiger partial charge in [-0.05, 0) is 43.9 Å². The summed E-state index contributed by atoms with van der Waals surface area (Å²) in [5.41, 5.74) is 3.25. The molecule has 1 aliphatic heterocycles. The van der Waals surface area contributed by atoms with E-state index in [0.717, 1.165) is 16.7 Å². The molecule has 3 aromatic carbocycles. The van der Waals surface area contributed by atoms with Gasteiger partial charge < -0.3 is 35.4 Å². The van der Waals surface area contributed by atoms with Gasteiger partial charge in [0.15, 0.2) is 6.10 Å². The van der Waals surface area contributed by atoms with Crippen LogP contribution in [0.5, 0.6) is 11.5 Å². The van der Waals surface area contributed by atoms with E-state index >= 15 is 0 Å². The van der Waals surface area contributed by atoms with Crippen LogP contribution >= 0.6 is 11.8 Å². The average Bonchev–Trinajstić information content (AvgIpc) is 3.34. The quantitative estimate of drug-likeness (QED) is 0.254. The molecule has 0 bridgehead atoms. The molecule has 3 atom stereocenters. The summed E-state index contributed by atoms with van der Waals surface area (Å²) < 4.78 is 9.97. The van der Waals surface area contributed by atoms with Crippen LogP contribution in [0.2, 0.25) is 0 Å². The van der Waals surface area contributed by atoms with Crippen molar-refractivity contribution in [2.24, 2.45) is 0 Å². The van der Waals surface area contributed by atoms with Crippen molar-refractivity contribution in [3.8, 4) is 11.5 Å². The SMILES string of the molecule is COc1cc(NC(=O)NC(Cc2ccccc2)C(O)C(=O)N2CSC(C)(C)C2C(=O)NCc2ccccc2C)cc(OC)c1. The van der Waals surface area contributed by atoms with Crippen molar-refractivity contribution in [1.82, 2.24) is 15.5 Å². The van der Waals surface area contributed by atoms with Gasteiger partial charge in [-0.15, -0.1) is 11.8 Å². The summed E-state index contributed by atoms with van der Waals surface area (Å²) in [7, 11) is 3.01. The van der Waals surface area contributed by atoms with Crippen molar-refractivity contribution >= 4 is 35.3 Å². The zero-order chi connectivity index (χ0) is 31.9. The van der Waals surface area contributed by atoms with Crippen molar-refractivity contribution < 1.29 is 29.0 Å². The third-order valence-electron chi connectivity index (χ3n) is 7.65. The number of carbonyl (C=O) groups is 3. The fraction of sp³-hybridized carbons (Fsp3) is 0.364. The molecule has 4 amide bonds. The Labute approximate surface area is 262 Å². The van der Waals surface area contributed by atoms with Gasteiger partial charge in [0, 0.05) is 35.2 Å². The van der Waals surface area contributed by atoms with Crippen LogP contribution in [-0.4, -0.2) is 70.9 Å². The number of ether oxygens (including phenoxy) is 2. The van der Waals surface area contributed by atoms with Gasteiger partial charge in [0.1, 0.15) is 17.5 Å². The van der Waals surface area contributed by atoms with E-state index in [1.54, 1.807) is 18.2 Å². The molecular weight excluding hydrogens is 580 g/mol. The standard InChI is InChI=1S/C33H40N4O6S/c1-21-11-9-10-14-23(21)19-34-30(39)29-33(2,3)44-20-37(29)31(40)28(38)27(15-22-12-7-6-8-13-22)36-32(41)35-24-16-25(42-4)18-26(17-24)43-5/h6-14,16-18,27-29,38H,15,19-20H2,1-5H3,(H,34,39)(H2,35,36,41). The second-order valence-electron chi connectivity index (χ2n) is 11.2. The monoisotopic (exact) mass is 620 g/mol. The highest BCUT2D eigenvalue weighted by molar-refractivity contribution is 8.00. The lowest BCUT2D eigenvalue weighted by Gasteiger charge is -2.33. The van der Waals surface area contributed by atoms with Gasteiger partial charge in [0.05, 0.1) is 26.1 Å². The fourth-order valence-electron chi connectivity index (χ4n) is 5.17. The molecule has 1 fully saturated rings. The van der Waals surface area contributed by atoms with E-state index in [-0.39, 0.29) is 18.2 Å². The Morgan fingerprint density at radius 1 is 1.00 bits per heavy atom. The Hall–Kier alpha value is -4.22. The summed E-state index contributed by atoms with van der Waals surface area (Å²) in [6.07, 6.45) is -1.45. The summed E-state index contributed by atoms with van der Waals surface area (Å²) >= 11 is 1.46. The van der Waals surface area contributed by atoms with Crippen molar-refractivity contribution in [1.29, 1.82) is 0 Å². The van der Waals surface area contributed by atoms with Crippen LogP contribution in [0.3, 0.4) is 0 Å². The molecule has 3 aromatic rings. The van der Waals surface area contributed by atoms with E-state index in [1.807, 2.05) is 75.4 Å². The Kier molecular flexibility index (Phi) is 10.8. The minimum Gasteiger partial charge on any atom is -0.497 e. The Bertz CT molecular complexity index is 1450. The number of hydrogen-bond acceptors (Lipinski definition) is 7. The second-order valence-corrected chi connectivity index (χ2v) is 12.8. The number of amides is 4. The minimum atomic E-state index is -1.62. The maximum absolute atomic E-state index is 13.9. The first-order chi connectivity index (χ1) is 21.0. The topological polar surface area (TPSA) is 129 Å². The number of anilines is 1. The molecule has 0 spiro atoms. The molecular formula is C33H40N4O6S. The Balaban J connectivity index is 1.52. The van der Waals surface area contributed by atoms with Crippen molar-refractivity contribution in [2.45, 2.75) is 56.7 Å². The highest BCUT2D eigenvalue weighted by atomic mass is 32.2. The lowest BCUT2D eigenvalue weighted by molar-refractivity contribution is -0.147. The van der Waals surface area contributed by atoms with Gasteiger partial charge in [0.25, 0.3) is 5.91 Å². The summed E-state index contributed by atoms with van der Waals surface area (Å²) in [6, 6.07) is 19.5. The first-order valence-corrected chi connectivity index (χ1v) is 15.3. The molecule has 3 unspecified atom stereocenters. The van der Waals surface area contributed by atoms with Gasteiger partial charge >= 0.3 is 6.03 Å². The Morgan fingerprint density at radius 2 is 1.64 bits per heavy atom. The number of nitrogens with zero attached hydrogens (tertiary/aromatic N) is 1. The number of urea groups is 1. The van der Waals surface area contributed by atoms with E-state index in [0.29, 0.717) is 23.7 Å². The zero-order valence-electron chi connectivity index (χ0n) is 25.6. The largest absolute Gasteiger partial charge is 0.497 e. The summed E-state index contributed by atoms with van der Waals surface area (Å²) in [4.78, 5) is 42.0. The molecule has 4 N–H and O–H groups in total. The van der Waals surface area contributed by atoms with E-state index < -0.39 is 34.9 Å². The molecule has 0 saturated carbocycles. The lowest BCUT2D eigenvalue weighted by atomic mass is 9.97. The first kappa shape index (κ1) is 32.7. The number of aryl methyl sites for hydroxylation is 1. The molecule has 0 aromatic heterocycles. The first-order valence-electron chi connectivity index (χ1n) is 14.3. The van der Waals surface area contributed by atoms with Crippen LogP contribution in [-0.2, 0) is 22.6 Å². The van der Waals surface area contributed by atoms with Crippen LogP contribution in [0.15, 0.2) is 72.8 Å². The maximum atomic E-state index is 13.9. The van der Waals surface area contributed by atoms with Crippen LogP contribution in [0.1, 0.15) is 30.5 Å². The van der Waals surface area contributed by atoms with E-state index in [1.165, 1.54) is 30.9 Å². The second kappa shape index (κ2) is 14.5. The molecule has 44 heavy (non-hydrogen) atoms. The predicted octanol–water partition coefficient (Wildman–Crippen LogP) is 4.10. The van der Waals surface area contributed by atoms with Crippen LogP contribution < -0.4 is 25.4 Å². The lowest BCUT2D eigenvalue weighted by Crippen LogP contribution is -2.59. The highest BCUT2D eigenvalue weighted by Gasteiger charge is 2.49. The molecule has 1 heterocycles. The Morgan fingerprint density at radius 3 is 2.27 bits per heavy atom. The van der Waals surface area contributed by atoms with Crippen LogP contribution in [0, 0.1) is 6.92 Å². The zero-order valence-corrected chi connectivity index (χ0v) is 26.4. The molecule has 1 saturated heterocycles. The van der Waals surface area contributed by atoms with Crippen LogP contribution in [0.4, 0.5) is 10.5 Å². The molecule has 234 valence electrons. The number of aliphatic hydroxyl groups is 1. The number of carbonyl (C=O) groups excluding carboxylic acids is 3. The summed E-state index contributed by atoms with van der Waals surface area (Å²) in [6.45, 7) is 6.11. The normalized spacial score (nSPS) is 16.9. The average molecular weight is 621 g/mol. The van der Waals surface area contributed by atoms with Gasteiger partial charge in [-0.2, -0.15) is 0 Å². The number of methoxy groups -OCH3 is 2. The highest BCUT2D eigenvalue weighted by Crippen LogP contribution is 2.40. The van der Waals surface area contributed by atoms with Crippen molar-refractivity contribution in [3.05, 3.63) is 89.5 Å². The molecule has 0 radical (unpaired) electrons. The number of thioether (sulfide) groups is 1. The summed E-state index contributed by atoms with van der Waals surface area (Å²) in [5, 5.41) is 20.0. The van der Waals surface area contributed by atoms with Crippen molar-refractivity contribution in [2.75, 3.05) is 25.4 Å². The van der Waals surface area contributed by atoms with Gasteiger partial charge in [-0.3, -0.25) is 9.59 Å². The van der Waals surface area contributed by atoms with E-state index in [2.05, 4.69) is 16.0 Å². The minimum absolute atomic E-state index is 0.178. The number of hydrogen-bond donors (Lipinski definition) is 4. The maximum Gasteiger partial charge on any atom is 0.319 e. The third-order valence-corrected chi connectivity index (χ3v) is 9.02. The van der Waals surface area contributed by atoms with E-state index in [4.69, 9.17) is 9.47 Å². The van der Waals surface area contributed by atoms with E-state index in [9.17, 15) is 19.5 Å². The predicted molar refractivity (Wildman–Crippen MR) is 172 cm³/mol. The smallest absolute Gasteiger partial charge is 0.319 e. The molecule has 10 nitrogen and oxygen atoms in total. The fourth-order valence-corrected chi connectivity index (χ4v) is 6.31. The molecule has 4 rings (SSSR count). The molecule has 11 heteroatoms. The van der Waals surface area contributed by atoms with Gasteiger partial charge in [-0.1, -0.05) is 54.6 Å². The number of nitrogens with one attached hydrogen (secondary N) is 3. The molecule has 1 aliphatic rings. The number of benzene rings is 3. The van der Waals surface area contributed by atoms with Crippen molar-refractivity contribution in [3.63, 3.8) is 0 Å². The third kappa shape index (κ3) is 8.03. The molecule has 0 aliphatic carbocycles. The van der Waals surface area contributed by atoms with Crippen LogP contribution in [0.25, 0.3) is 0 Å².